The third kappa shape index (κ3) is 3.91. The number of carbonyl (C=O) groups excluding carboxylic acids is 2. The Labute approximate surface area is 174 Å². The molecule has 0 radical (unpaired) electrons. The lowest BCUT2D eigenvalue weighted by molar-refractivity contribution is -0.138. The number of rotatable bonds is 5. The molecule has 3 heterocycles. The molecule has 0 bridgehead atoms. The van der Waals surface area contributed by atoms with Gasteiger partial charge in [-0.3, -0.25) is 19.5 Å². The standard InChI is InChI=1S/C22H22ClN3O3/c23-18-7-5-17(6-8-18)19-20(25-10-2-4-16(12-25)14-27)22(29)26(21(19)28)13-15-3-1-9-24-11-15/h1,3,5-9,11,16,27H,2,4,10,12-14H2. The number of carbonyl (C=O) groups is 2. The molecule has 0 saturated carbocycles. The number of hydrogen-bond acceptors (Lipinski definition) is 5. The fraction of sp³-hybridized carbons (Fsp3) is 0.318. The summed E-state index contributed by atoms with van der Waals surface area (Å²) in [5, 5.41) is 10.2. The van der Waals surface area contributed by atoms with Crippen LogP contribution in [0.2, 0.25) is 5.02 Å². The summed E-state index contributed by atoms with van der Waals surface area (Å²) in [6, 6.07) is 10.6. The summed E-state index contributed by atoms with van der Waals surface area (Å²) in [5.74, 6) is -0.525. The van der Waals surface area contributed by atoms with Gasteiger partial charge in [0.15, 0.2) is 0 Å². The van der Waals surface area contributed by atoms with E-state index in [2.05, 4.69) is 4.98 Å². The van der Waals surface area contributed by atoms with Gasteiger partial charge < -0.3 is 10.0 Å². The molecule has 1 aromatic heterocycles. The Morgan fingerprint density at radius 1 is 1.14 bits per heavy atom. The van der Waals surface area contributed by atoms with Gasteiger partial charge in [0.2, 0.25) is 0 Å². The number of aromatic nitrogens is 1. The number of pyridine rings is 1. The number of likely N-dealkylation sites (tertiary alicyclic amines) is 1. The Morgan fingerprint density at radius 3 is 2.62 bits per heavy atom. The highest BCUT2D eigenvalue weighted by Crippen LogP contribution is 2.35. The van der Waals surface area contributed by atoms with Crippen molar-refractivity contribution in [3.05, 3.63) is 70.6 Å². The van der Waals surface area contributed by atoms with Crippen LogP contribution in [0.5, 0.6) is 0 Å². The Balaban J connectivity index is 1.73. The number of halogens is 1. The van der Waals surface area contributed by atoms with E-state index in [-0.39, 0.29) is 30.9 Å². The van der Waals surface area contributed by atoms with E-state index < -0.39 is 0 Å². The molecule has 7 heteroatoms. The first kappa shape index (κ1) is 19.6. The van der Waals surface area contributed by atoms with Crippen molar-refractivity contribution in [3.8, 4) is 0 Å². The van der Waals surface area contributed by atoms with Crippen molar-refractivity contribution in [2.24, 2.45) is 5.92 Å². The van der Waals surface area contributed by atoms with Crippen molar-refractivity contribution >= 4 is 29.0 Å². The predicted molar refractivity (Wildman–Crippen MR) is 110 cm³/mol. The average molecular weight is 412 g/mol. The second kappa shape index (κ2) is 8.35. The number of amides is 2. The highest BCUT2D eigenvalue weighted by atomic mass is 35.5. The van der Waals surface area contributed by atoms with Crippen LogP contribution in [0, 0.1) is 5.92 Å². The van der Waals surface area contributed by atoms with Crippen LogP contribution in [0.25, 0.3) is 5.57 Å². The number of imide groups is 1. The van der Waals surface area contributed by atoms with Crippen molar-refractivity contribution in [1.29, 1.82) is 0 Å². The third-order valence-electron chi connectivity index (χ3n) is 5.43. The van der Waals surface area contributed by atoms with Crippen LogP contribution >= 0.6 is 11.6 Å². The fourth-order valence-electron chi connectivity index (χ4n) is 3.97. The van der Waals surface area contributed by atoms with Crippen LogP contribution in [0.4, 0.5) is 0 Å². The molecule has 2 amide bonds. The van der Waals surface area contributed by atoms with Crippen LogP contribution in [0.15, 0.2) is 54.5 Å². The molecular weight excluding hydrogens is 390 g/mol. The van der Waals surface area contributed by atoms with Crippen LogP contribution in [0.3, 0.4) is 0 Å². The molecule has 1 N–H and O–H groups in total. The Hall–Kier alpha value is -2.70. The first-order valence-electron chi connectivity index (χ1n) is 9.69. The lowest BCUT2D eigenvalue weighted by atomic mass is 9.97. The molecule has 1 atom stereocenters. The fourth-order valence-corrected chi connectivity index (χ4v) is 4.09. The van der Waals surface area contributed by atoms with Crippen molar-refractivity contribution in [2.75, 3.05) is 19.7 Å². The van der Waals surface area contributed by atoms with E-state index in [1.807, 2.05) is 11.0 Å². The summed E-state index contributed by atoms with van der Waals surface area (Å²) in [5.41, 5.74) is 2.27. The smallest absolute Gasteiger partial charge is 0.278 e. The number of benzene rings is 1. The molecule has 1 saturated heterocycles. The maximum Gasteiger partial charge on any atom is 0.278 e. The van der Waals surface area contributed by atoms with Crippen LogP contribution in [-0.2, 0) is 16.1 Å². The Kier molecular flexibility index (Phi) is 5.65. The molecule has 29 heavy (non-hydrogen) atoms. The van der Waals surface area contributed by atoms with Crippen LogP contribution in [-0.4, -0.2) is 51.4 Å². The Bertz CT molecular complexity index is 944. The highest BCUT2D eigenvalue weighted by Gasteiger charge is 2.42. The number of aliphatic hydroxyl groups excluding tert-OH is 1. The normalized spacial score (nSPS) is 20.0. The van der Waals surface area contributed by atoms with Gasteiger partial charge in [-0.15, -0.1) is 0 Å². The first-order valence-corrected chi connectivity index (χ1v) is 10.1. The summed E-state index contributed by atoms with van der Waals surface area (Å²) in [6.07, 6.45) is 5.09. The van der Waals surface area contributed by atoms with Crippen LogP contribution in [0.1, 0.15) is 24.0 Å². The maximum atomic E-state index is 13.4. The van der Waals surface area contributed by atoms with Gasteiger partial charge in [-0.05, 0) is 48.1 Å². The molecule has 2 aliphatic rings. The maximum absolute atomic E-state index is 13.4. The van der Waals surface area contributed by atoms with Gasteiger partial charge >= 0.3 is 0 Å². The first-order chi connectivity index (χ1) is 14.1. The summed E-state index contributed by atoms with van der Waals surface area (Å²) in [4.78, 5) is 34.0. The molecule has 2 aromatic rings. The molecule has 0 aliphatic carbocycles. The highest BCUT2D eigenvalue weighted by molar-refractivity contribution is 6.35. The molecule has 0 spiro atoms. The van der Waals surface area contributed by atoms with E-state index in [1.54, 1.807) is 42.7 Å². The van der Waals surface area contributed by atoms with Gasteiger partial charge in [-0.25, -0.2) is 0 Å². The summed E-state index contributed by atoms with van der Waals surface area (Å²) >= 11 is 6.02. The minimum atomic E-state index is -0.317. The van der Waals surface area contributed by atoms with E-state index in [0.29, 0.717) is 34.9 Å². The molecule has 4 rings (SSSR count). The molecule has 1 aromatic carbocycles. The van der Waals surface area contributed by atoms with Gasteiger partial charge in [-0.1, -0.05) is 29.8 Å². The second-order valence-corrected chi connectivity index (χ2v) is 7.86. The van der Waals surface area contributed by atoms with Gasteiger partial charge in [0.1, 0.15) is 5.70 Å². The zero-order chi connectivity index (χ0) is 20.4. The largest absolute Gasteiger partial charge is 0.396 e. The van der Waals surface area contributed by atoms with Crippen molar-refractivity contribution < 1.29 is 14.7 Å². The summed E-state index contributed by atoms with van der Waals surface area (Å²) in [6.45, 7) is 1.48. The Morgan fingerprint density at radius 2 is 1.93 bits per heavy atom. The lowest BCUT2D eigenvalue weighted by Crippen LogP contribution is -2.40. The molecule has 1 unspecified atom stereocenters. The van der Waals surface area contributed by atoms with E-state index in [9.17, 15) is 14.7 Å². The predicted octanol–water partition coefficient (Wildman–Crippen LogP) is 2.72. The van der Waals surface area contributed by atoms with Crippen molar-refractivity contribution in [1.82, 2.24) is 14.8 Å². The molecule has 2 aliphatic heterocycles. The number of aliphatic hydroxyl groups is 1. The zero-order valence-electron chi connectivity index (χ0n) is 15.9. The van der Waals surface area contributed by atoms with E-state index >= 15 is 0 Å². The topological polar surface area (TPSA) is 73.7 Å². The molecule has 6 nitrogen and oxygen atoms in total. The van der Waals surface area contributed by atoms with Crippen LogP contribution < -0.4 is 0 Å². The van der Waals surface area contributed by atoms with Gasteiger partial charge in [0, 0.05) is 37.1 Å². The molecule has 1 fully saturated rings. The van der Waals surface area contributed by atoms with E-state index in [4.69, 9.17) is 11.6 Å². The van der Waals surface area contributed by atoms with Gasteiger partial charge in [-0.2, -0.15) is 0 Å². The average Bonchev–Trinajstić information content (AvgIpc) is 3.00. The molecular formula is C22H22ClN3O3. The number of piperidine rings is 1. The monoisotopic (exact) mass is 411 g/mol. The number of nitrogens with zero attached hydrogens (tertiary/aromatic N) is 3. The quantitative estimate of drug-likeness (QED) is 0.766. The SMILES string of the molecule is O=C1C(c2ccc(Cl)cc2)=C(N2CCCC(CO)C2)C(=O)N1Cc1cccnc1. The van der Waals surface area contributed by atoms with Crippen molar-refractivity contribution in [3.63, 3.8) is 0 Å². The van der Waals surface area contributed by atoms with Gasteiger partial charge in [0.25, 0.3) is 11.8 Å². The second-order valence-electron chi connectivity index (χ2n) is 7.43. The summed E-state index contributed by atoms with van der Waals surface area (Å²) in [7, 11) is 0. The lowest BCUT2D eigenvalue weighted by Gasteiger charge is -2.34. The minimum absolute atomic E-state index is 0.0710. The number of hydrogen-bond donors (Lipinski definition) is 1. The van der Waals surface area contributed by atoms with E-state index in [1.165, 1.54) is 4.90 Å². The minimum Gasteiger partial charge on any atom is -0.396 e. The zero-order valence-corrected chi connectivity index (χ0v) is 16.7. The van der Waals surface area contributed by atoms with E-state index in [0.717, 1.165) is 18.4 Å². The summed E-state index contributed by atoms with van der Waals surface area (Å²) < 4.78 is 0. The molecule has 150 valence electrons. The third-order valence-corrected chi connectivity index (χ3v) is 5.69. The van der Waals surface area contributed by atoms with Crippen molar-refractivity contribution in [2.45, 2.75) is 19.4 Å². The van der Waals surface area contributed by atoms with Gasteiger partial charge in [0.05, 0.1) is 12.1 Å².